The molecule has 2 aromatic heterocycles. The van der Waals surface area contributed by atoms with Crippen LogP contribution in [0.1, 0.15) is 30.4 Å². The molecule has 3 amide bonds. The Bertz CT molecular complexity index is 1360. The van der Waals surface area contributed by atoms with Gasteiger partial charge in [0, 0.05) is 29.7 Å². The maximum Gasteiger partial charge on any atom is 0.349 e. The van der Waals surface area contributed by atoms with Gasteiger partial charge in [-0.15, -0.1) is 11.3 Å². The summed E-state index contributed by atoms with van der Waals surface area (Å²) in [7, 11) is 0. The van der Waals surface area contributed by atoms with Crippen LogP contribution in [0.3, 0.4) is 0 Å². The van der Waals surface area contributed by atoms with Crippen LogP contribution in [0.5, 0.6) is 0 Å². The molecule has 4 rings (SSSR count). The SMILES string of the molecule is O=C(NCCNC(=O)c1cccs1)c1ccc(NC(=O)c2cc3ccccc3oc2=O)cc1. The van der Waals surface area contributed by atoms with Crippen LogP contribution in [0.4, 0.5) is 5.69 Å². The fraction of sp³-hybridized carbons (Fsp3) is 0.0833. The Labute approximate surface area is 192 Å². The third kappa shape index (κ3) is 5.34. The number of rotatable bonds is 7. The number of anilines is 1. The number of amides is 3. The zero-order valence-corrected chi connectivity index (χ0v) is 18.1. The molecule has 9 heteroatoms. The lowest BCUT2D eigenvalue weighted by atomic mass is 10.1. The van der Waals surface area contributed by atoms with Gasteiger partial charge in [-0.2, -0.15) is 0 Å². The molecule has 2 aromatic carbocycles. The van der Waals surface area contributed by atoms with Gasteiger partial charge < -0.3 is 20.4 Å². The fourth-order valence-corrected chi connectivity index (χ4v) is 3.71. The van der Waals surface area contributed by atoms with Crippen molar-refractivity contribution in [3.8, 4) is 0 Å². The molecule has 0 fully saturated rings. The molecular formula is C24H19N3O5S. The van der Waals surface area contributed by atoms with Crippen molar-refractivity contribution >= 4 is 45.7 Å². The quantitative estimate of drug-likeness (QED) is 0.288. The molecule has 0 spiro atoms. The number of hydrogen-bond donors (Lipinski definition) is 3. The van der Waals surface area contributed by atoms with Crippen molar-refractivity contribution in [2.45, 2.75) is 0 Å². The molecule has 0 aliphatic rings. The fourth-order valence-electron chi connectivity index (χ4n) is 3.07. The summed E-state index contributed by atoms with van der Waals surface area (Å²) in [6, 6.07) is 18.2. The number of carbonyl (C=O) groups excluding carboxylic acids is 3. The van der Waals surface area contributed by atoms with Crippen LogP contribution < -0.4 is 21.6 Å². The molecule has 166 valence electrons. The van der Waals surface area contributed by atoms with E-state index in [2.05, 4.69) is 16.0 Å². The first-order valence-electron chi connectivity index (χ1n) is 10.1. The normalized spacial score (nSPS) is 10.5. The van der Waals surface area contributed by atoms with Gasteiger partial charge in [0.15, 0.2) is 0 Å². The number of benzene rings is 2. The highest BCUT2D eigenvalue weighted by Gasteiger charge is 2.14. The van der Waals surface area contributed by atoms with Crippen molar-refractivity contribution in [3.05, 3.63) is 98.5 Å². The first kappa shape index (κ1) is 22.0. The summed E-state index contributed by atoms with van der Waals surface area (Å²) in [5.74, 6) is -1.10. The minimum atomic E-state index is -0.728. The molecule has 4 aromatic rings. The van der Waals surface area contributed by atoms with E-state index in [1.54, 1.807) is 60.7 Å². The Morgan fingerprint density at radius 3 is 2.27 bits per heavy atom. The van der Waals surface area contributed by atoms with Crippen LogP contribution in [0.15, 0.2) is 81.3 Å². The Kier molecular flexibility index (Phi) is 6.61. The largest absolute Gasteiger partial charge is 0.422 e. The second kappa shape index (κ2) is 9.92. The number of fused-ring (bicyclic) bond motifs is 1. The minimum Gasteiger partial charge on any atom is -0.422 e. The van der Waals surface area contributed by atoms with Crippen molar-refractivity contribution < 1.29 is 18.8 Å². The number of para-hydroxylation sites is 1. The average Bonchev–Trinajstić information content (AvgIpc) is 3.37. The molecule has 0 bridgehead atoms. The van der Waals surface area contributed by atoms with Gasteiger partial charge in [-0.3, -0.25) is 14.4 Å². The van der Waals surface area contributed by atoms with Gasteiger partial charge in [-0.05, 0) is 47.8 Å². The van der Waals surface area contributed by atoms with Gasteiger partial charge in [0.05, 0.1) is 4.88 Å². The van der Waals surface area contributed by atoms with E-state index in [1.807, 2.05) is 5.38 Å². The highest BCUT2D eigenvalue weighted by molar-refractivity contribution is 7.12. The monoisotopic (exact) mass is 461 g/mol. The molecule has 8 nitrogen and oxygen atoms in total. The topological polar surface area (TPSA) is 118 Å². The van der Waals surface area contributed by atoms with E-state index < -0.39 is 11.5 Å². The molecule has 0 saturated carbocycles. The Hall–Kier alpha value is -4.24. The third-order valence-electron chi connectivity index (χ3n) is 4.73. The first-order chi connectivity index (χ1) is 16.0. The molecule has 0 radical (unpaired) electrons. The van der Waals surface area contributed by atoms with E-state index in [4.69, 9.17) is 4.42 Å². The lowest BCUT2D eigenvalue weighted by Crippen LogP contribution is -2.34. The van der Waals surface area contributed by atoms with Crippen LogP contribution >= 0.6 is 11.3 Å². The van der Waals surface area contributed by atoms with E-state index in [0.717, 1.165) is 0 Å². The lowest BCUT2D eigenvalue weighted by molar-refractivity contribution is 0.0929. The molecule has 2 heterocycles. The maximum absolute atomic E-state index is 12.5. The first-order valence-corrected chi connectivity index (χ1v) is 10.9. The Morgan fingerprint density at radius 1 is 0.818 bits per heavy atom. The summed E-state index contributed by atoms with van der Waals surface area (Å²) in [6.07, 6.45) is 0. The molecule has 0 atom stereocenters. The minimum absolute atomic E-state index is 0.111. The summed E-state index contributed by atoms with van der Waals surface area (Å²) in [6.45, 7) is 0.567. The van der Waals surface area contributed by atoms with Crippen LogP contribution in [-0.4, -0.2) is 30.8 Å². The van der Waals surface area contributed by atoms with Gasteiger partial charge in [0.25, 0.3) is 17.7 Å². The predicted molar refractivity (Wildman–Crippen MR) is 126 cm³/mol. The highest BCUT2D eigenvalue weighted by Crippen LogP contribution is 2.15. The second-order valence-corrected chi connectivity index (χ2v) is 7.95. The van der Waals surface area contributed by atoms with Crippen LogP contribution in [0, 0.1) is 0 Å². The summed E-state index contributed by atoms with van der Waals surface area (Å²) in [4.78, 5) is 49.4. The van der Waals surface area contributed by atoms with E-state index in [9.17, 15) is 19.2 Å². The van der Waals surface area contributed by atoms with Crippen molar-refractivity contribution in [3.63, 3.8) is 0 Å². The lowest BCUT2D eigenvalue weighted by Gasteiger charge is -2.08. The summed E-state index contributed by atoms with van der Waals surface area (Å²) < 4.78 is 5.19. The second-order valence-electron chi connectivity index (χ2n) is 7.01. The summed E-state index contributed by atoms with van der Waals surface area (Å²) in [5.41, 5.74) is 0.379. The van der Waals surface area contributed by atoms with Gasteiger partial charge in [0.1, 0.15) is 11.1 Å². The van der Waals surface area contributed by atoms with Crippen molar-refractivity contribution in [1.29, 1.82) is 0 Å². The van der Waals surface area contributed by atoms with E-state index in [1.165, 1.54) is 17.4 Å². The maximum atomic E-state index is 12.5. The van der Waals surface area contributed by atoms with Crippen LogP contribution in [0.2, 0.25) is 0 Å². The van der Waals surface area contributed by atoms with E-state index >= 15 is 0 Å². The molecule has 0 unspecified atom stereocenters. The number of hydrogen-bond acceptors (Lipinski definition) is 6. The van der Waals surface area contributed by atoms with Crippen LogP contribution in [0.25, 0.3) is 11.0 Å². The van der Waals surface area contributed by atoms with Gasteiger partial charge in [-0.25, -0.2) is 4.79 Å². The standard InChI is InChI=1S/C24H19N3O5S/c28-21(25-11-12-26-23(30)20-6-3-13-33-20)15-7-9-17(10-8-15)27-22(29)18-14-16-4-1-2-5-19(16)32-24(18)31/h1-10,13-14H,11-12H2,(H,25,28)(H,26,30)(H,27,29). The Balaban J connectivity index is 1.31. The Morgan fingerprint density at radius 2 is 1.55 bits per heavy atom. The molecule has 33 heavy (non-hydrogen) atoms. The molecule has 3 N–H and O–H groups in total. The molecule has 0 saturated heterocycles. The number of thiophene rings is 1. The van der Waals surface area contributed by atoms with Gasteiger partial charge in [-0.1, -0.05) is 24.3 Å². The molecule has 0 aliphatic carbocycles. The zero-order valence-electron chi connectivity index (χ0n) is 17.3. The van der Waals surface area contributed by atoms with Crippen LogP contribution in [-0.2, 0) is 0 Å². The van der Waals surface area contributed by atoms with Gasteiger partial charge >= 0.3 is 5.63 Å². The van der Waals surface area contributed by atoms with Crippen molar-refractivity contribution in [2.75, 3.05) is 18.4 Å². The van der Waals surface area contributed by atoms with E-state index in [0.29, 0.717) is 33.6 Å². The van der Waals surface area contributed by atoms with Crippen molar-refractivity contribution in [2.24, 2.45) is 0 Å². The smallest absolute Gasteiger partial charge is 0.349 e. The van der Waals surface area contributed by atoms with Crippen molar-refractivity contribution in [1.82, 2.24) is 10.6 Å². The highest BCUT2D eigenvalue weighted by atomic mass is 32.1. The average molecular weight is 461 g/mol. The number of nitrogens with one attached hydrogen (secondary N) is 3. The summed E-state index contributed by atoms with van der Waals surface area (Å²) >= 11 is 1.35. The number of carbonyl (C=O) groups is 3. The van der Waals surface area contributed by atoms with Gasteiger partial charge in [0.2, 0.25) is 0 Å². The molecular weight excluding hydrogens is 442 g/mol. The zero-order chi connectivity index (χ0) is 23.2. The van der Waals surface area contributed by atoms with E-state index in [-0.39, 0.29) is 23.9 Å². The predicted octanol–water partition coefficient (Wildman–Crippen LogP) is 3.27. The third-order valence-corrected chi connectivity index (χ3v) is 5.60. The summed E-state index contributed by atoms with van der Waals surface area (Å²) in [5, 5.41) is 10.5. The molecule has 0 aliphatic heterocycles.